The highest BCUT2D eigenvalue weighted by atomic mass is 15.0. The molecule has 5 heteroatoms. The Morgan fingerprint density at radius 3 is 2.57 bits per heavy atom. The van der Waals surface area contributed by atoms with Crippen molar-refractivity contribution < 1.29 is 0 Å². The fourth-order valence-corrected chi connectivity index (χ4v) is 2.56. The van der Waals surface area contributed by atoms with E-state index in [1.807, 2.05) is 6.07 Å². The van der Waals surface area contributed by atoms with E-state index in [0.717, 1.165) is 28.5 Å². The minimum absolute atomic E-state index is 0.129. The maximum absolute atomic E-state index is 7.78. The first-order valence-electron chi connectivity index (χ1n) is 7.12. The van der Waals surface area contributed by atoms with E-state index in [1.54, 1.807) is 0 Å². The third kappa shape index (κ3) is 2.84. The topological polar surface area (TPSA) is 107 Å². The molecule has 1 fully saturated rings. The molecule has 0 atom stereocenters. The van der Waals surface area contributed by atoms with Gasteiger partial charge in [-0.25, -0.2) is 0 Å². The average Bonchev–Trinajstić information content (AvgIpc) is 3.26. The van der Waals surface area contributed by atoms with Crippen LogP contribution in [0.15, 0.2) is 31.0 Å². The predicted octanol–water partition coefficient (Wildman–Crippen LogP) is 2.50. The Kier molecular flexibility index (Phi) is 4.45. The van der Waals surface area contributed by atoms with E-state index >= 15 is 0 Å². The maximum atomic E-state index is 7.78. The molecule has 5 nitrogen and oxygen atoms in total. The molecule has 1 heterocycles. The van der Waals surface area contributed by atoms with Crippen LogP contribution in [0.4, 0.5) is 0 Å². The Bertz CT molecular complexity index is 679. The Morgan fingerprint density at radius 2 is 2.05 bits per heavy atom. The van der Waals surface area contributed by atoms with Crippen molar-refractivity contribution in [2.24, 2.45) is 17.4 Å². The van der Waals surface area contributed by atoms with Gasteiger partial charge in [0.05, 0.1) is 0 Å². The van der Waals surface area contributed by atoms with E-state index in [9.17, 15) is 0 Å². The lowest BCUT2D eigenvalue weighted by Crippen LogP contribution is -2.12. The fourth-order valence-electron chi connectivity index (χ4n) is 2.56. The van der Waals surface area contributed by atoms with Gasteiger partial charge in [-0.15, -0.1) is 0 Å². The number of hydrazine groups is 1. The second-order valence-corrected chi connectivity index (χ2v) is 5.28. The van der Waals surface area contributed by atoms with Gasteiger partial charge < -0.3 is 10.3 Å². The van der Waals surface area contributed by atoms with Gasteiger partial charge in [0.2, 0.25) is 0 Å². The van der Waals surface area contributed by atoms with Crippen molar-refractivity contribution in [3.63, 3.8) is 0 Å². The van der Waals surface area contributed by atoms with E-state index in [1.165, 1.54) is 18.4 Å². The van der Waals surface area contributed by atoms with Gasteiger partial charge in [-0.3, -0.25) is 17.1 Å². The van der Waals surface area contributed by atoms with Crippen molar-refractivity contribution >= 4 is 22.3 Å². The highest BCUT2D eigenvalue weighted by Gasteiger charge is 2.25. The van der Waals surface area contributed by atoms with Crippen LogP contribution in [-0.2, 0) is 0 Å². The molecule has 0 radical (unpaired) electrons. The van der Waals surface area contributed by atoms with Gasteiger partial charge >= 0.3 is 0 Å². The number of hydrogen-bond acceptors (Lipinski definition) is 3. The second-order valence-electron chi connectivity index (χ2n) is 5.28. The third-order valence-electron chi connectivity index (χ3n) is 3.90. The highest BCUT2D eigenvalue weighted by molar-refractivity contribution is 6.08. The van der Waals surface area contributed by atoms with Crippen LogP contribution in [0.1, 0.15) is 43.4 Å². The molecule has 0 unspecified atom stereocenters. The van der Waals surface area contributed by atoms with Gasteiger partial charge in [-0.05, 0) is 48.6 Å². The normalized spacial score (nSPS) is 13.7. The molecular formula is C16H23N5. The molecule has 1 aliphatic rings. The van der Waals surface area contributed by atoms with Crippen LogP contribution in [0, 0.1) is 5.41 Å². The van der Waals surface area contributed by atoms with Gasteiger partial charge in [0.25, 0.3) is 0 Å². The Hall–Kier alpha value is -2.11. The van der Waals surface area contributed by atoms with Crippen molar-refractivity contribution in [2.75, 3.05) is 0 Å². The number of hydrogen-bond donors (Lipinski definition) is 4. The zero-order valence-electron chi connectivity index (χ0n) is 12.4. The Balaban J connectivity index is 0.000000774. The van der Waals surface area contributed by atoms with E-state index in [4.69, 9.17) is 11.1 Å². The molecule has 1 aromatic carbocycles. The van der Waals surface area contributed by atoms with Crippen molar-refractivity contribution in [3.05, 3.63) is 42.1 Å². The molecular weight excluding hydrogens is 262 g/mol. The van der Waals surface area contributed by atoms with E-state index in [0.29, 0.717) is 6.04 Å². The Morgan fingerprint density at radius 1 is 1.38 bits per heavy atom. The first kappa shape index (κ1) is 15.3. The number of nitrogens with zero attached hydrogens (tertiary/aromatic N) is 1. The Labute approximate surface area is 124 Å². The summed E-state index contributed by atoms with van der Waals surface area (Å²) >= 11 is 0. The summed E-state index contributed by atoms with van der Waals surface area (Å²) < 4.78 is 2.31. The molecule has 0 aliphatic heterocycles. The minimum Gasteiger partial charge on any atom is -0.384 e. The molecule has 112 valence electrons. The smallest absolute Gasteiger partial charge is 0.123 e. The SMILES string of the molecule is C=C(CC)c1cc(C(=N)N)c2ccn(C3CC3)c2c1.NN. The van der Waals surface area contributed by atoms with Gasteiger partial charge in [0.15, 0.2) is 0 Å². The molecule has 0 amide bonds. The summed E-state index contributed by atoms with van der Waals surface area (Å²) in [6, 6.07) is 6.88. The molecule has 1 aliphatic carbocycles. The number of nitrogen functional groups attached to an aromatic ring is 1. The van der Waals surface area contributed by atoms with Gasteiger partial charge in [0.1, 0.15) is 5.84 Å². The van der Waals surface area contributed by atoms with Crippen molar-refractivity contribution in [2.45, 2.75) is 32.2 Å². The zero-order valence-corrected chi connectivity index (χ0v) is 12.4. The molecule has 0 bridgehead atoms. The summed E-state index contributed by atoms with van der Waals surface area (Å²) in [5.41, 5.74) is 9.93. The number of fused-ring (bicyclic) bond motifs is 1. The summed E-state index contributed by atoms with van der Waals surface area (Å²) in [6.07, 6.45) is 5.52. The first-order chi connectivity index (χ1) is 10.1. The van der Waals surface area contributed by atoms with E-state index < -0.39 is 0 Å². The lowest BCUT2D eigenvalue weighted by Gasteiger charge is -2.10. The van der Waals surface area contributed by atoms with Crippen LogP contribution in [0.5, 0.6) is 0 Å². The number of rotatable bonds is 4. The van der Waals surface area contributed by atoms with Crippen molar-refractivity contribution in [1.29, 1.82) is 5.41 Å². The molecule has 1 saturated carbocycles. The molecule has 21 heavy (non-hydrogen) atoms. The summed E-state index contributed by atoms with van der Waals surface area (Å²) in [7, 11) is 0. The van der Waals surface area contributed by atoms with Crippen LogP contribution in [0.25, 0.3) is 16.5 Å². The van der Waals surface area contributed by atoms with Gasteiger partial charge in [-0.2, -0.15) is 0 Å². The standard InChI is InChI=1S/C16H19N3.H4N2/c1-3-10(2)11-8-14(16(17)18)13-6-7-19(12-4-5-12)15(13)9-11;1-2/h6-9,12H,2-5H2,1H3,(H3,17,18);1-2H2. The molecule has 0 spiro atoms. The highest BCUT2D eigenvalue weighted by Crippen LogP contribution is 2.39. The summed E-state index contributed by atoms with van der Waals surface area (Å²) in [5, 5.41) is 8.86. The predicted molar refractivity (Wildman–Crippen MR) is 88.9 cm³/mol. The van der Waals surface area contributed by atoms with Crippen LogP contribution in [-0.4, -0.2) is 10.4 Å². The van der Waals surface area contributed by atoms with Gasteiger partial charge in [-0.1, -0.05) is 13.5 Å². The second kappa shape index (κ2) is 6.11. The number of aromatic nitrogens is 1. The molecule has 7 N–H and O–H groups in total. The average molecular weight is 285 g/mol. The quantitative estimate of drug-likeness (QED) is 0.300. The number of amidine groups is 1. The third-order valence-corrected chi connectivity index (χ3v) is 3.90. The number of nitrogens with one attached hydrogen (secondary N) is 1. The van der Waals surface area contributed by atoms with E-state index in [-0.39, 0.29) is 5.84 Å². The summed E-state index contributed by atoms with van der Waals surface area (Å²) in [4.78, 5) is 0. The molecule has 3 rings (SSSR count). The van der Waals surface area contributed by atoms with Crippen LogP contribution in [0.2, 0.25) is 0 Å². The van der Waals surface area contributed by atoms with Crippen molar-refractivity contribution in [1.82, 2.24) is 4.57 Å². The van der Waals surface area contributed by atoms with Crippen LogP contribution < -0.4 is 17.4 Å². The fraction of sp³-hybridized carbons (Fsp3) is 0.312. The molecule has 1 aromatic heterocycles. The van der Waals surface area contributed by atoms with Crippen LogP contribution in [0.3, 0.4) is 0 Å². The van der Waals surface area contributed by atoms with Crippen molar-refractivity contribution in [3.8, 4) is 0 Å². The summed E-state index contributed by atoms with van der Waals surface area (Å²) in [6.45, 7) is 6.20. The van der Waals surface area contributed by atoms with Gasteiger partial charge in [0, 0.05) is 28.7 Å². The lowest BCUT2D eigenvalue weighted by molar-refractivity contribution is 0.776. The monoisotopic (exact) mass is 285 g/mol. The molecule has 2 aromatic rings. The number of benzene rings is 1. The largest absolute Gasteiger partial charge is 0.384 e. The van der Waals surface area contributed by atoms with Crippen LogP contribution >= 0.6 is 0 Å². The number of nitrogens with two attached hydrogens (primary N) is 3. The van der Waals surface area contributed by atoms with E-state index in [2.05, 4.69) is 48.1 Å². The summed E-state index contributed by atoms with van der Waals surface area (Å²) in [5.74, 6) is 8.13. The lowest BCUT2D eigenvalue weighted by atomic mass is 9.99. The first-order valence-corrected chi connectivity index (χ1v) is 7.12. The molecule has 0 saturated heterocycles. The number of allylic oxidation sites excluding steroid dienone is 1. The minimum atomic E-state index is 0.129. The maximum Gasteiger partial charge on any atom is 0.123 e. The zero-order chi connectivity index (χ0) is 15.6.